The Hall–Kier alpha value is -1.93. The Bertz CT molecular complexity index is 764. The van der Waals surface area contributed by atoms with Crippen LogP contribution in [0.2, 0.25) is 0 Å². The van der Waals surface area contributed by atoms with Crippen LogP contribution in [0.4, 0.5) is 0 Å². The highest BCUT2D eigenvalue weighted by atomic mass is 32.2. The molecule has 0 spiro atoms. The van der Waals surface area contributed by atoms with Gasteiger partial charge in [0.05, 0.1) is 22.8 Å². The lowest BCUT2D eigenvalue weighted by atomic mass is 10.2. The van der Waals surface area contributed by atoms with Crippen LogP contribution in [0.3, 0.4) is 0 Å². The van der Waals surface area contributed by atoms with Gasteiger partial charge >= 0.3 is 0 Å². The Labute approximate surface area is 161 Å². The number of rotatable bonds is 7. The zero-order valence-corrected chi connectivity index (χ0v) is 16.9. The van der Waals surface area contributed by atoms with Crippen molar-refractivity contribution in [2.75, 3.05) is 45.0 Å². The zero-order chi connectivity index (χ0) is 19.9. The highest BCUT2D eigenvalue weighted by molar-refractivity contribution is 7.91. The lowest BCUT2D eigenvalue weighted by molar-refractivity contribution is -0.122. The quantitative estimate of drug-likeness (QED) is 0.749. The topological polar surface area (TPSA) is 86.8 Å². The van der Waals surface area contributed by atoms with Crippen molar-refractivity contribution in [3.63, 3.8) is 0 Å². The molecule has 1 aliphatic rings. The Morgan fingerprint density at radius 2 is 1.81 bits per heavy atom. The van der Waals surface area contributed by atoms with Crippen LogP contribution >= 0.6 is 0 Å². The molecule has 8 heteroatoms. The van der Waals surface area contributed by atoms with Gasteiger partial charge in [-0.25, -0.2) is 8.42 Å². The fourth-order valence-corrected chi connectivity index (χ4v) is 4.79. The molecule has 0 aliphatic carbocycles. The van der Waals surface area contributed by atoms with Crippen molar-refractivity contribution in [2.45, 2.75) is 31.6 Å². The number of amides is 2. The molecule has 1 aliphatic heterocycles. The van der Waals surface area contributed by atoms with E-state index in [-0.39, 0.29) is 28.0 Å². The van der Waals surface area contributed by atoms with Gasteiger partial charge in [-0.05, 0) is 31.9 Å². The second-order valence-electron chi connectivity index (χ2n) is 6.69. The number of sulfone groups is 1. The second-order valence-corrected chi connectivity index (χ2v) is 8.77. The van der Waals surface area contributed by atoms with Crippen molar-refractivity contribution < 1.29 is 18.0 Å². The molecule has 0 bridgehead atoms. The summed E-state index contributed by atoms with van der Waals surface area (Å²) in [4.78, 5) is 28.6. The highest BCUT2D eigenvalue weighted by Crippen LogP contribution is 2.20. The average Bonchev–Trinajstić information content (AvgIpc) is 2.87. The summed E-state index contributed by atoms with van der Waals surface area (Å²) in [5.41, 5.74) is 0.239. The number of nitrogens with one attached hydrogen (secondary N) is 1. The molecule has 2 amide bonds. The number of hydrogen-bond donors (Lipinski definition) is 1. The van der Waals surface area contributed by atoms with Gasteiger partial charge < -0.3 is 10.2 Å². The normalized spacial score (nSPS) is 16.0. The van der Waals surface area contributed by atoms with Gasteiger partial charge in [-0.15, -0.1) is 0 Å². The third-order valence-corrected chi connectivity index (χ3v) is 6.51. The Kier molecular flexibility index (Phi) is 7.79. The van der Waals surface area contributed by atoms with Crippen molar-refractivity contribution >= 4 is 21.7 Å². The average molecular weight is 396 g/mol. The Balaban J connectivity index is 2.12. The van der Waals surface area contributed by atoms with Crippen molar-refractivity contribution in [3.05, 3.63) is 29.8 Å². The molecule has 1 aromatic rings. The van der Waals surface area contributed by atoms with E-state index in [0.29, 0.717) is 39.1 Å². The summed E-state index contributed by atoms with van der Waals surface area (Å²) in [6.07, 6.45) is 1.25. The summed E-state index contributed by atoms with van der Waals surface area (Å²) in [7, 11) is -3.48. The Morgan fingerprint density at radius 3 is 2.52 bits per heavy atom. The van der Waals surface area contributed by atoms with E-state index < -0.39 is 9.84 Å². The molecular formula is C19H29N3O4S. The fourth-order valence-electron chi connectivity index (χ4n) is 3.25. The van der Waals surface area contributed by atoms with Crippen LogP contribution in [0.15, 0.2) is 29.2 Å². The van der Waals surface area contributed by atoms with E-state index in [9.17, 15) is 18.0 Å². The van der Waals surface area contributed by atoms with Gasteiger partial charge in [0.1, 0.15) is 0 Å². The number of carbonyl (C=O) groups excluding carboxylic acids is 2. The van der Waals surface area contributed by atoms with Crippen LogP contribution in [0.5, 0.6) is 0 Å². The molecule has 1 saturated heterocycles. The summed E-state index contributed by atoms with van der Waals surface area (Å²) in [6.45, 7) is 6.94. The first-order valence-corrected chi connectivity index (χ1v) is 11.1. The number of carbonyl (C=O) groups is 2. The predicted molar refractivity (Wildman–Crippen MR) is 104 cm³/mol. The third-order valence-electron chi connectivity index (χ3n) is 4.54. The van der Waals surface area contributed by atoms with E-state index in [1.807, 2.05) is 11.8 Å². The summed E-state index contributed by atoms with van der Waals surface area (Å²) in [5.74, 6) is -0.254. The van der Waals surface area contributed by atoms with Gasteiger partial charge in [-0.1, -0.05) is 19.1 Å². The number of likely N-dealkylation sites (N-methyl/N-ethyl adjacent to an activating group) is 1. The van der Waals surface area contributed by atoms with E-state index in [2.05, 4.69) is 5.32 Å². The van der Waals surface area contributed by atoms with Crippen LogP contribution in [-0.4, -0.2) is 75.1 Å². The largest absolute Gasteiger partial charge is 0.355 e. The van der Waals surface area contributed by atoms with Gasteiger partial charge in [-0.3, -0.25) is 14.5 Å². The Morgan fingerprint density at radius 1 is 1.07 bits per heavy atom. The molecule has 150 valence electrons. The van der Waals surface area contributed by atoms with E-state index >= 15 is 0 Å². The zero-order valence-electron chi connectivity index (χ0n) is 16.1. The molecule has 0 saturated carbocycles. The van der Waals surface area contributed by atoms with Crippen molar-refractivity contribution in [1.82, 2.24) is 15.1 Å². The smallest absolute Gasteiger partial charge is 0.255 e. The predicted octanol–water partition coefficient (Wildman–Crippen LogP) is 1.15. The number of nitrogens with zero attached hydrogens (tertiary/aromatic N) is 2. The number of benzene rings is 1. The lowest BCUT2D eigenvalue weighted by Crippen LogP contribution is -2.40. The van der Waals surface area contributed by atoms with Gasteiger partial charge in [0.15, 0.2) is 9.84 Å². The minimum atomic E-state index is -3.48. The molecule has 1 N–H and O–H groups in total. The highest BCUT2D eigenvalue weighted by Gasteiger charge is 2.26. The maximum absolute atomic E-state index is 13.0. The second kappa shape index (κ2) is 9.85. The molecule has 0 unspecified atom stereocenters. The molecule has 2 rings (SSSR count). The summed E-state index contributed by atoms with van der Waals surface area (Å²) < 4.78 is 25.0. The SMILES string of the molecule is CCCS(=O)(=O)c1ccccc1C(=O)N1CCCN(CC(=O)NCC)CC1. The molecule has 1 fully saturated rings. The van der Waals surface area contributed by atoms with Crippen LogP contribution in [0.1, 0.15) is 37.0 Å². The minimum Gasteiger partial charge on any atom is -0.355 e. The monoisotopic (exact) mass is 395 g/mol. The first kappa shape index (κ1) is 21.4. The molecule has 1 aromatic carbocycles. The lowest BCUT2D eigenvalue weighted by Gasteiger charge is -2.22. The molecular weight excluding hydrogens is 366 g/mol. The maximum atomic E-state index is 13.0. The summed E-state index contributed by atoms with van der Waals surface area (Å²) in [5, 5.41) is 2.78. The first-order valence-electron chi connectivity index (χ1n) is 9.49. The molecule has 0 atom stereocenters. The van der Waals surface area contributed by atoms with Crippen LogP contribution in [-0.2, 0) is 14.6 Å². The fraction of sp³-hybridized carbons (Fsp3) is 0.579. The van der Waals surface area contributed by atoms with E-state index in [1.54, 1.807) is 30.0 Å². The van der Waals surface area contributed by atoms with Crippen molar-refractivity contribution in [3.8, 4) is 0 Å². The summed E-state index contributed by atoms with van der Waals surface area (Å²) >= 11 is 0. The van der Waals surface area contributed by atoms with Gasteiger partial charge in [0, 0.05) is 32.7 Å². The molecule has 1 heterocycles. The van der Waals surface area contributed by atoms with Crippen LogP contribution in [0.25, 0.3) is 0 Å². The first-order chi connectivity index (χ1) is 12.9. The third kappa shape index (κ3) is 5.77. The van der Waals surface area contributed by atoms with E-state index in [1.165, 1.54) is 6.07 Å². The summed E-state index contributed by atoms with van der Waals surface area (Å²) in [6, 6.07) is 6.44. The van der Waals surface area contributed by atoms with E-state index in [4.69, 9.17) is 0 Å². The maximum Gasteiger partial charge on any atom is 0.255 e. The van der Waals surface area contributed by atoms with Crippen LogP contribution < -0.4 is 5.32 Å². The molecule has 0 aromatic heterocycles. The molecule has 0 radical (unpaired) electrons. The van der Waals surface area contributed by atoms with Gasteiger partial charge in [0.2, 0.25) is 5.91 Å². The standard InChI is InChI=1S/C19H29N3O4S/c1-3-14-27(25,26)17-9-6-5-8-16(17)19(24)22-11-7-10-21(12-13-22)15-18(23)20-4-2/h5-6,8-9H,3-4,7,10-15H2,1-2H3,(H,20,23). The van der Waals surface area contributed by atoms with Gasteiger partial charge in [-0.2, -0.15) is 0 Å². The molecule has 7 nitrogen and oxygen atoms in total. The van der Waals surface area contributed by atoms with Crippen molar-refractivity contribution in [1.29, 1.82) is 0 Å². The van der Waals surface area contributed by atoms with Crippen LogP contribution in [0, 0.1) is 0 Å². The van der Waals surface area contributed by atoms with Crippen molar-refractivity contribution in [2.24, 2.45) is 0 Å². The van der Waals surface area contributed by atoms with Gasteiger partial charge in [0.25, 0.3) is 5.91 Å². The minimum absolute atomic E-state index is 0.0201. The molecule has 27 heavy (non-hydrogen) atoms. The number of hydrogen-bond acceptors (Lipinski definition) is 5. The van der Waals surface area contributed by atoms with E-state index in [0.717, 1.165) is 13.0 Å².